The summed E-state index contributed by atoms with van der Waals surface area (Å²) < 4.78 is 9.64. The molecule has 18 heavy (non-hydrogen) atoms. The number of esters is 1. The number of nitrogens with one attached hydrogen (secondary N) is 1. The largest absolute Gasteiger partial charge is 0.466 e. The Labute approximate surface area is 109 Å². The third-order valence-electron chi connectivity index (χ3n) is 2.09. The molecule has 0 rings (SSSR count). The highest BCUT2D eigenvalue weighted by Gasteiger charge is 2.15. The standard InChI is InChI=1S/C13H23NO4/c1-6-10(9-11(15)17-5)7-8-14-12(16)18-13(2,3)4/h9H,6-8H2,1-5H3,(H,14,16)/b10-9+. The Morgan fingerprint density at radius 3 is 2.33 bits per heavy atom. The van der Waals surface area contributed by atoms with Gasteiger partial charge in [0.1, 0.15) is 5.60 Å². The minimum Gasteiger partial charge on any atom is -0.466 e. The Balaban J connectivity index is 4.06. The van der Waals surface area contributed by atoms with Crippen LogP contribution >= 0.6 is 0 Å². The predicted octanol–water partition coefficient (Wildman–Crippen LogP) is 2.41. The molecule has 0 heterocycles. The van der Waals surface area contributed by atoms with Gasteiger partial charge in [0.25, 0.3) is 0 Å². The number of hydrogen-bond acceptors (Lipinski definition) is 4. The van der Waals surface area contributed by atoms with Crippen LogP contribution in [0.1, 0.15) is 40.5 Å². The van der Waals surface area contributed by atoms with Crippen molar-refractivity contribution in [2.45, 2.75) is 46.1 Å². The number of methoxy groups -OCH3 is 1. The molecule has 0 aliphatic carbocycles. The molecule has 1 N–H and O–H groups in total. The van der Waals surface area contributed by atoms with Crippen LogP contribution in [0.2, 0.25) is 0 Å². The summed E-state index contributed by atoms with van der Waals surface area (Å²) >= 11 is 0. The van der Waals surface area contributed by atoms with Crippen molar-refractivity contribution >= 4 is 12.1 Å². The molecule has 0 bridgehead atoms. The van der Waals surface area contributed by atoms with Crippen LogP contribution in [0.15, 0.2) is 11.6 Å². The van der Waals surface area contributed by atoms with Gasteiger partial charge in [0, 0.05) is 12.6 Å². The summed E-state index contributed by atoms with van der Waals surface area (Å²) in [7, 11) is 1.34. The summed E-state index contributed by atoms with van der Waals surface area (Å²) in [6.07, 6.45) is 2.35. The van der Waals surface area contributed by atoms with Gasteiger partial charge in [-0.25, -0.2) is 9.59 Å². The predicted molar refractivity (Wildman–Crippen MR) is 69.2 cm³/mol. The number of hydrogen-bond donors (Lipinski definition) is 1. The van der Waals surface area contributed by atoms with E-state index in [1.54, 1.807) is 20.8 Å². The first-order valence-corrected chi connectivity index (χ1v) is 6.02. The maximum Gasteiger partial charge on any atom is 0.407 e. The van der Waals surface area contributed by atoms with Gasteiger partial charge in [0.2, 0.25) is 0 Å². The lowest BCUT2D eigenvalue weighted by Crippen LogP contribution is -2.33. The minimum atomic E-state index is -0.500. The minimum absolute atomic E-state index is 0.371. The highest BCUT2D eigenvalue weighted by Crippen LogP contribution is 2.08. The lowest BCUT2D eigenvalue weighted by Gasteiger charge is -2.19. The zero-order chi connectivity index (χ0) is 14.2. The highest BCUT2D eigenvalue weighted by atomic mass is 16.6. The summed E-state index contributed by atoms with van der Waals surface area (Å²) in [5, 5.41) is 2.64. The molecule has 0 atom stereocenters. The van der Waals surface area contributed by atoms with Gasteiger partial charge in [-0.05, 0) is 33.6 Å². The van der Waals surface area contributed by atoms with E-state index in [1.807, 2.05) is 6.92 Å². The van der Waals surface area contributed by atoms with Crippen LogP contribution in [0, 0.1) is 0 Å². The Morgan fingerprint density at radius 2 is 1.89 bits per heavy atom. The molecule has 0 radical (unpaired) electrons. The van der Waals surface area contributed by atoms with Crippen molar-refractivity contribution in [3.63, 3.8) is 0 Å². The number of amides is 1. The fraction of sp³-hybridized carbons (Fsp3) is 0.692. The Bertz CT molecular complexity index is 315. The average molecular weight is 257 g/mol. The first kappa shape index (κ1) is 16.5. The fourth-order valence-electron chi connectivity index (χ4n) is 1.22. The summed E-state index contributed by atoms with van der Waals surface area (Å²) in [4.78, 5) is 22.4. The SMILES string of the molecule is CC/C(=C\C(=O)OC)CCNC(=O)OC(C)(C)C. The van der Waals surface area contributed by atoms with Crippen molar-refractivity contribution in [2.24, 2.45) is 0 Å². The van der Waals surface area contributed by atoms with Gasteiger partial charge >= 0.3 is 12.1 Å². The molecule has 0 aliphatic heterocycles. The zero-order valence-corrected chi connectivity index (χ0v) is 11.8. The van der Waals surface area contributed by atoms with E-state index in [4.69, 9.17) is 4.74 Å². The summed E-state index contributed by atoms with van der Waals surface area (Å²) in [6.45, 7) is 7.80. The third-order valence-corrected chi connectivity index (χ3v) is 2.09. The van der Waals surface area contributed by atoms with Gasteiger partial charge in [-0.3, -0.25) is 0 Å². The molecule has 0 aromatic heterocycles. The lowest BCUT2D eigenvalue weighted by atomic mass is 10.1. The van der Waals surface area contributed by atoms with E-state index in [0.29, 0.717) is 13.0 Å². The number of carbonyl (C=O) groups excluding carboxylic acids is 2. The molecule has 0 aromatic rings. The molecule has 0 aliphatic rings. The number of alkyl carbamates (subject to hydrolysis) is 1. The summed E-state index contributed by atoms with van der Waals surface area (Å²) in [5.41, 5.74) is 0.428. The van der Waals surface area contributed by atoms with E-state index in [1.165, 1.54) is 13.2 Å². The molecular weight excluding hydrogens is 234 g/mol. The van der Waals surface area contributed by atoms with Crippen LogP contribution in [0.4, 0.5) is 4.79 Å². The Morgan fingerprint density at radius 1 is 1.28 bits per heavy atom. The molecule has 0 fully saturated rings. The van der Waals surface area contributed by atoms with Gasteiger partial charge in [0.05, 0.1) is 7.11 Å². The molecule has 5 heteroatoms. The molecule has 0 unspecified atom stereocenters. The van der Waals surface area contributed by atoms with Crippen molar-refractivity contribution in [1.82, 2.24) is 5.32 Å². The summed E-state index contributed by atoms with van der Waals surface area (Å²) in [6, 6.07) is 0. The van der Waals surface area contributed by atoms with Crippen LogP contribution < -0.4 is 5.32 Å². The van der Waals surface area contributed by atoms with Crippen LogP contribution in [0.25, 0.3) is 0 Å². The molecule has 0 saturated heterocycles. The van der Waals surface area contributed by atoms with Crippen LogP contribution in [-0.4, -0.2) is 31.3 Å². The van der Waals surface area contributed by atoms with E-state index < -0.39 is 11.7 Å². The quantitative estimate of drug-likeness (QED) is 0.606. The zero-order valence-electron chi connectivity index (χ0n) is 11.8. The molecule has 0 saturated carbocycles. The van der Waals surface area contributed by atoms with E-state index >= 15 is 0 Å². The second kappa shape index (κ2) is 7.74. The van der Waals surface area contributed by atoms with Crippen molar-refractivity contribution in [3.05, 3.63) is 11.6 Å². The van der Waals surface area contributed by atoms with E-state index in [2.05, 4.69) is 10.1 Å². The van der Waals surface area contributed by atoms with Crippen molar-refractivity contribution in [2.75, 3.05) is 13.7 Å². The van der Waals surface area contributed by atoms with Gasteiger partial charge in [0.15, 0.2) is 0 Å². The second-order valence-corrected chi connectivity index (χ2v) is 4.86. The topological polar surface area (TPSA) is 64.6 Å². The van der Waals surface area contributed by atoms with Gasteiger partial charge in [-0.15, -0.1) is 0 Å². The number of ether oxygens (including phenoxy) is 2. The van der Waals surface area contributed by atoms with Crippen LogP contribution in [0.5, 0.6) is 0 Å². The Hall–Kier alpha value is -1.52. The van der Waals surface area contributed by atoms with E-state index in [-0.39, 0.29) is 5.97 Å². The summed E-state index contributed by atoms with van der Waals surface area (Å²) in [5.74, 6) is -0.371. The number of rotatable bonds is 5. The fourth-order valence-corrected chi connectivity index (χ4v) is 1.22. The van der Waals surface area contributed by atoms with Crippen molar-refractivity contribution in [1.29, 1.82) is 0 Å². The van der Waals surface area contributed by atoms with Gasteiger partial charge in [-0.1, -0.05) is 12.5 Å². The molecule has 0 aromatic carbocycles. The normalized spacial score (nSPS) is 11.9. The van der Waals surface area contributed by atoms with Crippen molar-refractivity contribution < 1.29 is 19.1 Å². The molecule has 104 valence electrons. The third kappa shape index (κ3) is 8.61. The average Bonchev–Trinajstić information content (AvgIpc) is 2.24. The van der Waals surface area contributed by atoms with E-state index in [9.17, 15) is 9.59 Å². The maximum absolute atomic E-state index is 11.4. The number of carbonyl (C=O) groups is 2. The monoisotopic (exact) mass is 257 g/mol. The first-order valence-electron chi connectivity index (χ1n) is 6.02. The first-order chi connectivity index (χ1) is 8.28. The van der Waals surface area contributed by atoms with Gasteiger partial charge < -0.3 is 14.8 Å². The smallest absolute Gasteiger partial charge is 0.407 e. The molecular formula is C13H23NO4. The molecule has 5 nitrogen and oxygen atoms in total. The molecule has 0 spiro atoms. The highest BCUT2D eigenvalue weighted by molar-refractivity contribution is 5.82. The molecule has 1 amide bonds. The second-order valence-electron chi connectivity index (χ2n) is 4.86. The van der Waals surface area contributed by atoms with E-state index in [0.717, 1.165) is 12.0 Å². The lowest BCUT2D eigenvalue weighted by molar-refractivity contribution is -0.134. The van der Waals surface area contributed by atoms with Crippen LogP contribution in [0.3, 0.4) is 0 Å². The van der Waals surface area contributed by atoms with Crippen LogP contribution in [-0.2, 0) is 14.3 Å². The van der Waals surface area contributed by atoms with Gasteiger partial charge in [-0.2, -0.15) is 0 Å². The maximum atomic E-state index is 11.4. The Kier molecular flexibility index (Phi) is 7.08. The van der Waals surface area contributed by atoms with Crippen molar-refractivity contribution in [3.8, 4) is 0 Å².